The van der Waals surface area contributed by atoms with Crippen molar-refractivity contribution in [3.05, 3.63) is 57.8 Å². The normalized spacial score (nSPS) is 11.4. The maximum Gasteiger partial charge on any atom is 0.417 e. The Morgan fingerprint density at radius 3 is 2.62 bits per heavy atom. The van der Waals surface area contributed by atoms with Gasteiger partial charge in [0.25, 0.3) is 0 Å². The molecule has 1 heterocycles. The molecule has 0 saturated carbocycles. The fourth-order valence-corrected chi connectivity index (χ4v) is 2.21. The molecule has 110 valence electrons. The van der Waals surface area contributed by atoms with E-state index in [1.165, 1.54) is 24.5 Å². The van der Waals surface area contributed by atoms with E-state index in [0.29, 0.717) is 11.3 Å². The zero-order valence-electron chi connectivity index (χ0n) is 10.6. The molecule has 0 aliphatic heterocycles. The Morgan fingerprint density at radius 1 is 1.29 bits per heavy atom. The molecule has 0 aliphatic carbocycles. The maximum atomic E-state index is 13.0. The molecule has 2 rings (SSSR count). The first kappa shape index (κ1) is 15.5. The van der Waals surface area contributed by atoms with Crippen LogP contribution < -0.4 is 5.73 Å². The van der Waals surface area contributed by atoms with Crippen molar-refractivity contribution >= 4 is 27.4 Å². The summed E-state index contributed by atoms with van der Waals surface area (Å²) in [5, 5.41) is 0. The first-order valence-electron chi connectivity index (χ1n) is 5.87. The second-order valence-electron chi connectivity index (χ2n) is 4.36. The van der Waals surface area contributed by atoms with Gasteiger partial charge in [0.1, 0.15) is 0 Å². The Kier molecular flexibility index (Phi) is 4.32. The van der Waals surface area contributed by atoms with Crippen LogP contribution in [0, 0.1) is 0 Å². The van der Waals surface area contributed by atoms with Crippen LogP contribution in [0.25, 0.3) is 0 Å². The molecule has 21 heavy (non-hydrogen) atoms. The SMILES string of the molecule is Nc1ccncc1CC(=O)c1ccc(Br)cc1C(F)(F)F. The number of nitrogen functional groups attached to an aromatic ring is 1. The van der Waals surface area contributed by atoms with E-state index in [1.807, 2.05) is 0 Å². The van der Waals surface area contributed by atoms with Gasteiger partial charge in [-0.05, 0) is 24.3 Å². The van der Waals surface area contributed by atoms with Crippen molar-refractivity contribution in [2.24, 2.45) is 0 Å². The minimum absolute atomic E-state index is 0.232. The molecule has 0 radical (unpaired) electrons. The Morgan fingerprint density at radius 2 is 2.00 bits per heavy atom. The van der Waals surface area contributed by atoms with Crippen LogP contribution in [0.15, 0.2) is 41.1 Å². The molecule has 1 aromatic carbocycles. The molecule has 3 nitrogen and oxygen atoms in total. The number of anilines is 1. The smallest absolute Gasteiger partial charge is 0.398 e. The van der Waals surface area contributed by atoms with Gasteiger partial charge < -0.3 is 5.73 Å². The number of alkyl halides is 3. The lowest BCUT2D eigenvalue weighted by atomic mass is 9.98. The van der Waals surface area contributed by atoms with Crippen LogP contribution in [0.5, 0.6) is 0 Å². The van der Waals surface area contributed by atoms with Crippen LogP contribution in [0.1, 0.15) is 21.5 Å². The zero-order valence-corrected chi connectivity index (χ0v) is 12.2. The van der Waals surface area contributed by atoms with Crippen molar-refractivity contribution in [1.82, 2.24) is 4.98 Å². The van der Waals surface area contributed by atoms with Gasteiger partial charge in [-0.1, -0.05) is 15.9 Å². The average Bonchev–Trinajstić information content (AvgIpc) is 2.40. The summed E-state index contributed by atoms with van der Waals surface area (Å²) in [4.78, 5) is 16.0. The predicted octanol–water partition coefficient (Wildman–Crippen LogP) is 3.87. The molecule has 0 aliphatic rings. The van der Waals surface area contributed by atoms with Crippen LogP contribution in [0.3, 0.4) is 0 Å². The molecule has 0 spiro atoms. The topological polar surface area (TPSA) is 56.0 Å². The summed E-state index contributed by atoms with van der Waals surface area (Å²) in [6.45, 7) is 0. The molecule has 0 fully saturated rings. The molecule has 7 heteroatoms. The third-order valence-corrected chi connectivity index (χ3v) is 3.37. The van der Waals surface area contributed by atoms with Gasteiger partial charge >= 0.3 is 6.18 Å². The monoisotopic (exact) mass is 358 g/mol. The van der Waals surface area contributed by atoms with Crippen LogP contribution in [0.4, 0.5) is 18.9 Å². The third-order valence-electron chi connectivity index (χ3n) is 2.88. The van der Waals surface area contributed by atoms with E-state index < -0.39 is 17.5 Å². The predicted molar refractivity (Wildman–Crippen MR) is 75.8 cm³/mol. The summed E-state index contributed by atoms with van der Waals surface area (Å²) in [5.74, 6) is -0.658. The second-order valence-corrected chi connectivity index (χ2v) is 5.28. The van der Waals surface area contributed by atoms with Crippen molar-refractivity contribution in [2.45, 2.75) is 12.6 Å². The summed E-state index contributed by atoms with van der Waals surface area (Å²) in [6, 6.07) is 4.94. The van der Waals surface area contributed by atoms with E-state index in [4.69, 9.17) is 5.73 Å². The second kappa shape index (κ2) is 5.85. The van der Waals surface area contributed by atoms with E-state index >= 15 is 0 Å². The van der Waals surface area contributed by atoms with Crippen molar-refractivity contribution in [1.29, 1.82) is 0 Å². The highest BCUT2D eigenvalue weighted by Crippen LogP contribution is 2.34. The van der Waals surface area contributed by atoms with Crippen molar-refractivity contribution < 1.29 is 18.0 Å². The number of halogens is 4. The third kappa shape index (κ3) is 3.60. The van der Waals surface area contributed by atoms with Gasteiger partial charge in [0.05, 0.1) is 5.56 Å². The first-order chi connectivity index (χ1) is 9.79. The largest absolute Gasteiger partial charge is 0.417 e. The fourth-order valence-electron chi connectivity index (χ4n) is 1.85. The minimum Gasteiger partial charge on any atom is -0.398 e. The standard InChI is InChI=1S/C14H10BrF3N2O/c15-9-1-2-10(11(6-9)14(16,17)18)13(21)5-8-7-20-4-3-12(8)19/h1-4,6-7H,5H2,(H2,19,20). The van der Waals surface area contributed by atoms with Crippen molar-refractivity contribution in [2.75, 3.05) is 5.73 Å². The quantitative estimate of drug-likeness (QED) is 0.847. The Bertz CT molecular complexity index is 686. The van der Waals surface area contributed by atoms with Crippen LogP contribution >= 0.6 is 15.9 Å². The number of nitrogens with two attached hydrogens (primary N) is 1. The lowest BCUT2D eigenvalue weighted by Crippen LogP contribution is -2.15. The highest BCUT2D eigenvalue weighted by molar-refractivity contribution is 9.10. The molecular weight excluding hydrogens is 349 g/mol. The van der Waals surface area contributed by atoms with E-state index in [9.17, 15) is 18.0 Å². The van der Waals surface area contributed by atoms with Gasteiger partial charge in [-0.3, -0.25) is 9.78 Å². The highest BCUT2D eigenvalue weighted by atomic mass is 79.9. The molecule has 1 aromatic heterocycles. The molecule has 2 N–H and O–H groups in total. The van der Waals surface area contributed by atoms with Gasteiger partial charge in [0.2, 0.25) is 0 Å². The lowest BCUT2D eigenvalue weighted by molar-refractivity contribution is -0.138. The first-order valence-corrected chi connectivity index (χ1v) is 6.66. The fraction of sp³-hybridized carbons (Fsp3) is 0.143. The number of benzene rings is 1. The molecule has 0 bridgehead atoms. The van der Waals surface area contributed by atoms with Crippen LogP contribution in [0.2, 0.25) is 0 Å². The van der Waals surface area contributed by atoms with Gasteiger partial charge in [-0.2, -0.15) is 13.2 Å². The van der Waals surface area contributed by atoms with E-state index in [0.717, 1.165) is 12.1 Å². The molecule has 0 amide bonds. The Balaban J connectivity index is 2.38. The number of Topliss-reactive ketones (excluding diaryl/α,β-unsaturated/α-hetero) is 1. The molecule has 2 aromatic rings. The Labute approximate surface area is 127 Å². The number of hydrogen-bond donors (Lipinski definition) is 1. The molecule has 0 atom stereocenters. The average molecular weight is 359 g/mol. The number of nitrogens with zero attached hydrogens (tertiary/aromatic N) is 1. The van der Waals surface area contributed by atoms with E-state index in [2.05, 4.69) is 20.9 Å². The van der Waals surface area contributed by atoms with Gasteiger partial charge in [0, 0.05) is 40.1 Å². The number of hydrogen-bond acceptors (Lipinski definition) is 3. The van der Waals surface area contributed by atoms with Crippen molar-refractivity contribution in [3.63, 3.8) is 0 Å². The van der Waals surface area contributed by atoms with Crippen LogP contribution in [-0.2, 0) is 12.6 Å². The van der Waals surface area contributed by atoms with Crippen molar-refractivity contribution in [3.8, 4) is 0 Å². The van der Waals surface area contributed by atoms with Gasteiger partial charge in [0.15, 0.2) is 5.78 Å². The summed E-state index contributed by atoms with van der Waals surface area (Å²) in [6.07, 6.45) is -2.01. The molecular formula is C14H10BrF3N2O. The number of pyridine rings is 1. The number of rotatable bonds is 3. The van der Waals surface area contributed by atoms with E-state index in [-0.39, 0.29) is 16.5 Å². The number of ketones is 1. The van der Waals surface area contributed by atoms with E-state index in [1.54, 1.807) is 0 Å². The van der Waals surface area contributed by atoms with Gasteiger partial charge in [-0.15, -0.1) is 0 Å². The lowest BCUT2D eigenvalue weighted by Gasteiger charge is -2.13. The highest BCUT2D eigenvalue weighted by Gasteiger charge is 2.35. The van der Waals surface area contributed by atoms with Gasteiger partial charge in [-0.25, -0.2) is 0 Å². The minimum atomic E-state index is -4.60. The molecule has 0 saturated heterocycles. The summed E-state index contributed by atoms with van der Waals surface area (Å²) in [7, 11) is 0. The maximum absolute atomic E-state index is 13.0. The number of carbonyl (C=O) groups excluding carboxylic acids is 1. The molecule has 0 unspecified atom stereocenters. The number of aromatic nitrogens is 1. The Hall–Kier alpha value is -1.89. The number of carbonyl (C=O) groups is 1. The summed E-state index contributed by atoms with van der Waals surface area (Å²) >= 11 is 2.98. The summed E-state index contributed by atoms with van der Waals surface area (Å²) < 4.78 is 39.2. The zero-order chi connectivity index (χ0) is 15.6. The summed E-state index contributed by atoms with van der Waals surface area (Å²) in [5.41, 5.74) is 5.05. The van der Waals surface area contributed by atoms with Crippen LogP contribution in [-0.4, -0.2) is 10.8 Å².